The molecule has 0 aliphatic rings. The minimum atomic E-state index is 0.419. The van der Waals surface area contributed by atoms with E-state index in [1.165, 1.54) is 0 Å². The van der Waals surface area contributed by atoms with Gasteiger partial charge in [0.15, 0.2) is 5.82 Å². The summed E-state index contributed by atoms with van der Waals surface area (Å²) >= 11 is 0. The second-order valence-electron chi connectivity index (χ2n) is 5.77. The van der Waals surface area contributed by atoms with Crippen LogP contribution in [0.15, 0.2) is 6.07 Å². The van der Waals surface area contributed by atoms with Crippen LogP contribution < -0.4 is 10.6 Å². The molecule has 0 spiro atoms. The fourth-order valence-corrected chi connectivity index (χ4v) is 2.37. The Balaban J connectivity index is 2.77. The summed E-state index contributed by atoms with van der Waals surface area (Å²) in [5.41, 5.74) is 0. The van der Waals surface area contributed by atoms with Crippen LogP contribution in [0.1, 0.15) is 33.5 Å². The number of methoxy groups -OCH3 is 1. The van der Waals surface area contributed by atoms with Gasteiger partial charge >= 0.3 is 0 Å². The highest BCUT2D eigenvalue weighted by atomic mass is 16.5. The fourth-order valence-electron chi connectivity index (χ4n) is 2.37. The quantitative estimate of drug-likeness (QED) is 0.766. The van der Waals surface area contributed by atoms with Crippen LogP contribution in [0, 0.1) is 17.8 Å². The first-order valence-electron chi connectivity index (χ1n) is 7.26. The van der Waals surface area contributed by atoms with Gasteiger partial charge in [-0.2, -0.15) is 0 Å². The maximum atomic E-state index is 5.10. The molecule has 0 aliphatic heterocycles. The molecule has 5 nitrogen and oxygen atoms in total. The Kier molecular flexibility index (Phi) is 6.71. The average Bonchev–Trinajstić information content (AvgIpc) is 2.38. The van der Waals surface area contributed by atoms with Crippen LogP contribution in [0.2, 0.25) is 0 Å². The van der Waals surface area contributed by atoms with Crippen molar-refractivity contribution in [1.29, 1.82) is 0 Å². The molecule has 2 N–H and O–H groups in total. The second-order valence-corrected chi connectivity index (χ2v) is 5.77. The maximum absolute atomic E-state index is 5.10. The van der Waals surface area contributed by atoms with E-state index in [1.54, 1.807) is 7.11 Å². The lowest BCUT2D eigenvalue weighted by atomic mass is 9.85. The van der Waals surface area contributed by atoms with Crippen molar-refractivity contribution < 1.29 is 4.74 Å². The van der Waals surface area contributed by atoms with Gasteiger partial charge in [-0.25, -0.2) is 9.97 Å². The molecule has 0 fully saturated rings. The average molecular weight is 280 g/mol. The zero-order valence-electron chi connectivity index (χ0n) is 13.5. The van der Waals surface area contributed by atoms with Gasteiger partial charge in [-0.1, -0.05) is 27.7 Å². The van der Waals surface area contributed by atoms with Crippen LogP contribution in [0.25, 0.3) is 0 Å². The van der Waals surface area contributed by atoms with E-state index < -0.39 is 0 Å². The van der Waals surface area contributed by atoms with Crippen LogP contribution in [-0.4, -0.2) is 30.7 Å². The molecule has 114 valence electrons. The van der Waals surface area contributed by atoms with Crippen LogP contribution in [-0.2, 0) is 11.3 Å². The maximum Gasteiger partial charge on any atom is 0.158 e. The number of nitrogens with zero attached hydrogens (tertiary/aromatic N) is 2. The van der Waals surface area contributed by atoms with Gasteiger partial charge in [0, 0.05) is 26.8 Å². The molecule has 0 unspecified atom stereocenters. The highest BCUT2D eigenvalue weighted by molar-refractivity contribution is 5.47. The SMILES string of the molecule is CNc1cc(NCC(C(C)C)C(C)C)nc(COC)n1. The largest absolute Gasteiger partial charge is 0.377 e. The Morgan fingerprint density at radius 3 is 2.20 bits per heavy atom. The topological polar surface area (TPSA) is 59.1 Å². The number of hydrogen-bond acceptors (Lipinski definition) is 5. The van der Waals surface area contributed by atoms with Gasteiger partial charge in [-0.15, -0.1) is 0 Å². The zero-order valence-corrected chi connectivity index (χ0v) is 13.5. The number of anilines is 2. The lowest BCUT2D eigenvalue weighted by molar-refractivity contribution is 0.178. The van der Waals surface area contributed by atoms with Crippen molar-refractivity contribution in [2.45, 2.75) is 34.3 Å². The summed E-state index contributed by atoms with van der Waals surface area (Å²) in [5.74, 6) is 4.25. The van der Waals surface area contributed by atoms with E-state index in [-0.39, 0.29) is 0 Å². The summed E-state index contributed by atoms with van der Waals surface area (Å²) < 4.78 is 5.10. The van der Waals surface area contributed by atoms with E-state index in [4.69, 9.17) is 4.74 Å². The number of rotatable bonds is 8. The Labute approximate surface area is 122 Å². The van der Waals surface area contributed by atoms with Gasteiger partial charge in [-0.05, 0) is 17.8 Å². The zero-order chi connectivity index (χ0) is 15.1. The van der Waals surface area contributed by atoms with E-state index in [0.29, 0.717) is 30.2 Å². The first kappa shape index (κ1) is 16.7. The molecule has 0 saturated carbocycles. The predicted molar refractivity (Wildman–Crippen MR) is 83.9 cm³/mol. The molecule has 0 atom stereocenters. The molecular weight excluding hydrogens is 252 g/mol. The van der Waals surface area contributed by atoms with Crippen molar-refractivity contribution in [3.05, 3.63) is 11.9 Å². The third-order valence-electron chi connectivity index (χ3n) is 3.53. The highest BCUT2D eigenvalue weighted by Gasteiger charge is 2.17. The van der Waals surface area contributed by atoms with Crippen LogP contribution >= 0.6 is 0 Å². The van der Waals surface area contributed by atoms with E-state index in [1.807, 2.05) is 13.1 Å². The normalized spacial score (nSPS) is 11.4. The van der Waals surface area contributed by atoms with Crippen molar-refractivity contribution in [3.8, 4) is 0 Å². The van der Waals surface area contributed by atoms with Crippen molar-refractivity contribution in [2.75, 3.05) is 31.3 Å². The molecule has 0 radical (unpaired) electrons. The first-order chi connectivity index (χ1) is 9.47. The molecule has 20 heavy (non-hydrogen) atoms. The molecule has 0 bridgehead atoms. The number of hydrogen-bond donors (Lipinski definition) is 2. The lowest BCUT2D eigenvalue weighted by Gasteiger charge is -2.25. The third kappa shape index (κ3) is 4.96. The predicted octanol–water partition coefficient (Wildman–Crippen LogP) is 3.00. The molecule has 5 heteroatoms. The number of aromatic nitrogens is 2. The molecule has 0 saturated heterocycles. The number of ether oxygens (including phenoxy) is 1. The van der Waals surface area contributed by atoms with Gasteiger partial charge in [-0.3, -0.25) is 0 Å². The van der Waals surface area contributed by atoms with Crippen molar-refractivity contribution >= 4 is 11.6 Å². The molecule has 1 aromatic heterocycles. The lowest BCUT2D eigenvalue weighted by Crippen LogP contribution is -2.25. The first-order valence-corrected chi connectivity index (χ1v) is 7.26. The molecule has 0 aromatic carbocycles. The monoisotopic (exact) mass is 280 g/mol. The van der Waals surface area contributed by atoms with Gasteiger partial charge in [0.05, 0.1) is 0 Å². The van der Waals surface area contributed by atoms with Gasteiger partial charge in [0.1, 0.15) is 18.2 Å². The summed E-state index contributed by atoms with van der Waals surface area (Å²) in [6.45, 7) is 10.4. The van der Waals surface area contributed by atoms with E-state index in [0.717, 1.165) is 18.2 Å². The van der Waals surface area contributed by atoms with E-state index in [9.17, 15) is 0 Å². The summed E-state index contributed by atoms with van der Waals surface area (Å²) in [7, 11) is 3.50. The highest BCUT2D eigenvalue weighted by Crippen LogP contribution is 2.21. The summed E-state index contributed by atoms with van der Waals surface area (Å²) in [4.78, 5) is 8.83. The molecule has 0 aliphatic carbocycles. The van der Waals surface area contributed by atoms with Crippen molar-refractivity contribution in [3.63, 3.8) is 0 Å². The fraction of sp³-hybridized carbons (Fsp3) is 0.733. The molecule has 0 amide bonds. The Morgan fingerprint density at radius 2 is 1.70 bits per heavy atom. The van der Waals surface area contributed by atoms with Gasteiger partial charge in [0.25, 0.3) is 0 Å². The summed E-state index contributed by atoms with van der Waals surface area (Å²) in [6, 6.07) is 1.93. The Bertz CT molecular complexity index is 399. The van der Waals surface area contributed by atoms with E-state index >= 15 is 0 Å². The molecule has 1 aromatic rings. The number of nitrogens with one attached hydrogen (secondary N) is 2. The minimum absolute atomic E-state index is 0.419. The Hall–Kier alpha value is -1.36. The van der Waals surface area contributed by atoms with Crippen LogP contribution in [0.5, 0.6) is 0 Å². The standard InChI is InChI=1S/C15H28N4O/c1-10(2)12(11(3)4)8-17-14-7-13(16-5)18-15(19-14)9-20-6/h7,10-12H,8-9H2,1-6H3,(H2,16,17,18,19). The van der Waals surface area contributed by atoms with Gasteiger partial charge in [0.2, 0.25) is 0 Å². The van der Waals surface area contributed by atoms with E-state index in [2.05, 4.69) is 48.3 Å². The second kappa shape index (κ2) is 8.04. The summed E-state index contributed by atoms with van der Waals surface area (Å²) in [6.07, 6.45) is 0. The smallest absolute Gasteiger partial charge is 0.158 e. The molecular formula is C15H28N4O. The van der Waals surface area contributed by atoms with Gasteiger partial charge < -0.3 is 15.4 Å². The van der Waals surface area contributed by atoms with Crippen molar-refractivity contribution in [1.82, 2.24) is 9.97 Å². The van der Waals surface area contributed by atoms with Crippen LogP contribution in [0.3, 0.4) is 0 Å². The molecule has 1 rings (SSSR count). The van der Waals surface area contributed by atoms with Crippen LogP contribution in [0.4, 0.5) is 11.6 Å². The minimum Gasteiger partial charge on any atom is -0.377 e. The molecule has 1 heterocycles. The summed E-state index contributed by atoms with van der Waals surface area (Å²) in [5, 5.41) is 6.49. The Morgan fingerprint density at radius 1 is 1.10 bits per heavy atom. The van der Waals surface area contributed by atoms with Crippen molar-refractivity contribution in [2.24, 2.45) is 17.8 Å². The third-order valence-corrected chi connectivity index (χ3v) is 3.53.